The molecule has 0 radical (unpaired) electrons. The quantitative estimate of drug-likeness (QED) is 0.575. The largest absolute Gasteiger partial charge is 0.364 e. The number of carbonyl (C=O) groups is 2. The van der Waals surface area contributed by atoms with E-state index in [1.165, 1.54) is 0 Å². The van der Waals surface area contributed by atoms with Gasteiger partial charge < -0.3 is 4.90 Å². The van der Waals surface area contributed by atoms with Gasteiger partial charge in [0.25, 0.3) is 5.91 Å². The van der Waals surface area contributed by atoms with Gasteiger partial charge in [0.2, 0.25) is 5.91 Å². The number of hydrogen-bond acceptors (Lipinski definition) is 3. The molecule has 2 heterocycles. The highest BCUT2D eigenvalue weighted by Crippen LogP contribution is 2.27. The van der Waals surface area contributed by atoms with E-state index in [0.717, 1.165) is 25.8 Å². The van der Waals surface area contributed by atoms with Crippen LogP contribution in [-0.4, -0.2) is 29.3 Å². The van der Waals surface area contributed by atoms with Crippen LogP contribution in [0.15, 0.2) is 12.3 Å². The van der Waals surface area contributed by atoms with Gasteiger partial charge >= 0.3 is 0 Å². The molecule has 2 unspecified atom stereocenters. The van der Waals surface area contributed by atoms with Crippen LogP contribution in [0.4, 0.5) is 0 Å². The molecule has 0 aromatic heterocycles. The summed E-state index contributed by atoms with van der Waals surface area (Å²) in [7, 11) is 0. The SMILES string of the molecule is C=C1C(=O)NNC(=O)C(C)C2CCCCN12. The Hall–Kier alpha value is -1.52. The molecule has 2 amide bonds. The minimum absolute atomic E-state index is 0.104. The number of fused-ring (bicyclic) bond motifs is 1. The molecule has 5 heteroatoms. The summed E-state index contributed by atoms with van der Waals surface area (Å²) in [6.45, 7) is 6.51. The Morgan fingerprint density at radius 3 is 2.81 bits per heavy atom. The van der Waals surface area contributed by atoms with Crippen LogP contribution >= 0.6 is 0 Å². The first-order valence-corrected chi connectivity index (χ1v) is 5.67. The molecule has 88 valence electrons. The van der Waals surface area contributed by atoms with Gasteiger partial charge in [-0.1, -0.05) is 13.5 Å². The molecule has 2 aliphatic heterocycles. The maximum atomic E-state index is 11.7. The van der Waals surface area contributed by atoms with Crippen molar-refractivity contribution in [2.75, 3.05) is 6.54 Å². The lowest BCUT2D eigenvalue weighted by Crippen LogP contribution is -2.57. The number of amides is 2. The van der Waals surface area contributed by atoms with Crippen molar-refractivity contribution in [3.05, 3.63) is 12.3 Å². The van der Waals surface area contributed by atoms with Crippen molar-refractivity contribution in [1.29, 1.82) is 0 Å². The van der Waals surface area contributed by atoms with Gasteiger partial charge in [0.1, 0.15) is 0 Å². The lowest BCUT2D eigenvalue weighted by Gasteiger charge is -2.42. The molecule has 0 aromatic carbocycles. The molecular formula is C11H17N3O2. The summed E-state index contributed by atoms with van der Waals surface area (Å²) in [5, 5.41) is 0. The van der Waals surface area contributed by atoms with E-state index in [1.54, 1.807) is 0 Å². The van der Waals surface area contributed by atoms with Crippen molar-refractivity contribution < 1.29 is 9.59 Å². The maximum Gasteiger partial charge on any atom is 0.285 e. The molecule has 0 spiro atoms. The summed E-state index contributed by atoms with van der Waals surface area (Å²) in [6.07, 6.45) is 3.10. The fourth-order valence-corrected chi connectivity index (χ4v) is 2.42. The van der Waals surface area contributed by atoms with Crippen molar-refractivity contribution in [2.45, 2.75) is 32.2 Å². The molecule has 16 heavy (non-hydrogen) atoms. The van der Waals surface area contributed by atoms with Crippen LogP contribution in [0.5, 0.6) is 0 Å². The predicted molar refractivity (Wildman–Crippen MR) is 58.9 cm³/mol. The lowest BCUT2D eigenvalue weighted by molar-refractivity contribution is -0.134. The van der Waals surface area contributed by atoms with Gasteiger partial charge in [-0.15, -0.1) is 0 Å². The molecule has 0 aliphatic carbocycles. The van der Waals surface area contributed by atoms with Crippen LogP contribution in [0.25, 0.3) is 0 Å². The molecule has 2 N–H and O–H groups in total. The van der Waals surface area contributed by atoms with Crippen molar-refractivity contribution in [3.63, 3.8) is 0 Å². The third-order valence-corrected chi connectivity index (χ3v) is 3.45. The van der Waals surface area contributed by atoms with Gasteiger partial charge in [-0.05, 0) is 19.3 Å². The average Bonchev–Trinajstić information content (AvgIpc) is 2.32. The van der Waals surface area contributed by atoms with Gasteiger partial charge in [0, 0.05) is 12.6 Å². The predicted octanol–water partition coefficient (Wildman–Crippen LogP) is 0.152. The van der Waals surface area contributed by atoms with Gasteiger partial charge in [0.15, 0.2) is 0 Å². The Kier molecular flexibility index (Phi) is 2.85. The molecule has 0 bridgehead atoms. The van der Waals surface area contributed by atoms with E-state index in [9.17, 15) is 9.59 Å². The zero-order chi connectivity index (χ0) is 11.7. The number of nitrogens with one attached hydrogen (secondary N) is 2. The summed E-state index contributed by atoms with van der Waals surface area (Å²) in [4.78, 5) is 25.3. The van der Waals surface area contributed by atoms with E-state index in [4.69, 9.17) is 0 Å². The fraction of sp³-hybridized carbons (Fsp3) is 0.636. The number of rotatable bonds is 0. The standard InChI is InChI=1S/C11H17N3O2/c1-7-9-5-3-4-6-14(9)8(2)11(16)13-12-10(7)15/h7,9H,2-6H2,1H3,(H,12,15)(H,13,16). The van der Waals surface area contributed by atoms with E-state index in [1.807, 2.05) is 11.8 Å². The first-order chi connectivity index (χ1) is 7.61. The van der Waals surface area contributed by atoms with E-state index in [-0.39, 0.29) is 23.8 Å². The van der Waals surface area contributed by atoms with Gasteiger partial charge in [-0.2, -0.15) is 0 Å². The van der Waals surface area contributed by atoms with Gasteiger partial charge in [0.05, 0.1) is 11.6 Å². The smallest absolute Gasteiger partial charge is 0.285 e. The van der Waals surface area contributed by atoms with Crippen LogP contribution < -0.4 is 10.9 Å². The highest BCUT2D eigenvalue weighted by Gasteiger charge is 2.35. The van der Waals surface area contributed by atoms with Crippen LogP contribution in [0, 0.1) is 5.92 Å². The second-order valence-corrected chi connectivity index (χ2v) is 4.44. The normalized spacial score (nSPS) is 31.1. The second-order valence-electron chi connectivity index (χ2n) is 4.44. The summed E-state index contributed by atoms with van der Waals surface area (Å²) in [5.74, 6) is -0.567. The summed E-state index contributed by atoms with van der Waals surface area (Å²) in [6, 6.07) is 0.104. The third kappa shape index (κ3) is 1.77. The van der Waals surface area contributed by atoms with E-state index in [2.05, 4.69) is 17.4 Å². The molecule has 5 nitrogen and oxygen atoms in total. The first kappa shape index (κ1) is 11.0. The average molecular weight is 223 g/mol. The van der Waals surface area contributed by atoms with Crippen molar-refractivity contribution >= 4 is 11.8 Å². The number of piperidine rings is 1. The summed E-state index contributed by atoms with van der Waals surface area (Å²) >= 11 is 0. The molecule has 2 rings (SSSR count). The summed E-state index contributed by atoms with van der Waals surface area (Å²) in [5.41, 5.74) is 5.24. The minimum atomic E-state index is -0.313. The van der Waals surface area contributed by atoms with Crippen LogP contribution in [-0.2, 0) is 9.59 Å². The minimum Gasteiger partial charge on any atom is -0.364 e. The summed E-state index contributed by atoms with van der Waals surface area (Å²) < 4.78 is 0. The van der Waals surface area contributed by atoms with Crippen molar-refractivity contribution in [2.24, 2.45) is 5.92 Å². The molecule has 0 saturated carbocycles. The number of nitrogens with zero attached hydrogens (tertiary/aromatic N) is 1. The van der Waals surface area contributed by atoms with Crippen molar-refractivity contribution in [1.82, 2.24) is 15.8 Å². The van der Waals surface area contributed by atoms with E-state index < -0.39 is 0 Å². The zero-order valence-corrected chi connectivity index (χ0v) is 9.45. The Morgan fingerprint density at radius 1 is 1.31 bits per heavy atom. The highest BCUT2D eigenvalue weighted by atomic mass is 16.2. The molecule has 2 fully saturated rings. The second kappa shape index (κ2) is 4.15. The monoisotopic (exact) mass is 223 g/mol. The molecule has 2 saturated heterocycles. The van der Waals surface area contributed by atoms with Crippen LogP contribution in [0.2, 0.25) is 0 Å². The molecule has 0 aromatic rings. The fourth-order valence-electron chi connectivity index (χ4n) is 2.42. The Labute approximate surface area is 94.8 Å². The van der Waals surface area contributed by atoms with Crippen LogP contribution in [0.3, 0.4) is 0 Å². The maximum absolute atomic E-state index is 11.7. The topological polar surface area (TPSA) is 61.4 Å². The van der Waals surface area contributed by atoms with E-state index >= 15 is 0 Å². The van der Waals surface area contributed by atoms with Gasteiger partial charge in [-0.25, -0.2) is 0 Å². The zero-order valence-electron chi connectivity index (χ0n) is 9.45. The first-order valence-electron chi connectivity index (χ1n) is 5.67. The Balaban J connectivity index is 2.26. The Bertz CT molecular complexity index is 340. The lowest BCUT2D eigenvalue weighted by atomic mass is 9.90. The number of hydrazine groups is 1. The molecule has 2 aliphatic rings. The highest BCUT2D eigenvalue weighted by molar-refractivity contribution is 5.94. The Morgan fingerprint density at radius 2 is 2.06 bits per heavy atom. The number of carbonyl (C=O) groups excluding carboxylic acids is 2. The molecule has 2 atom stereocenters. The van der Waals surface area contributed by atoms with E-state index in [0.29, 0.717) is 5.70 Å². The van der Waals surface area contributed by atoms with Gasteiger partial charge in [-0.3, -0.25) is 20.4 Å². The van der Waals surface area contributed by atoms with Crippen molar-refractivity contribution in [3.8, 4) is 0 Å². The molecular weight excluding hydrogens is 206 g/mol. The third-order valence-electron chi connectivity index (χ3n) is 3.45. The van der Waals surface area contributed by atoms with Crippen LogP contribution in [0.1, 0.15) is 26.2 Å². The number of hydrogen-bond donors (Lipinski definition) is 2.